The van der Waals surface area contributed by atoms with E-state index < -0.39 is 35.7 Å². The molecule has 140 valence electrons. The van der Waals surface area contributed by atoms with E-state index in [9.17, 15) is 14.4 Å². The molecule has 2 amide bonds. The van der Waals surface area contributed by atoms with Crippen LogP contribution in [-0.2, 0) is 19.1 Å². The maximum Gasteiger partial charge on any atom is 0.408 e. The normalized spacial score (nSPS) is 15.2. The maximum atomic E-state index is 12.6. The number of hydrogen-bond acceptors (Lipinski definition) is 5. The van der Waals surface area contributed by atoms with Gasteiger partial charge in [0.1, 0.15) is 17.7 Å². The topological polar surface area (TPSA) is 93.7 Å². The Balaban J connectivity index is 5.13. The summed E-state index contributed by atoms with van der Waals surface area (Å²) in [6, 6.07) is -1.56. The van der Waals surface area contributed by atoms with Gasteiger partial charge >= 0.3 is 12.1 Å². The molecule has 3 atom stereocenters. The van der Waals surface area contributed by atoms with Crippen LogP contribution in [0, 0.1) is 11.8 Å². The highest BCUT2D eigenvalue weighted by atomic mass is 16.6. The largest absolute Gasteiger partial charge is 0.467 e. The second-order valence-electron chi connectivity index (χ2n) is 7.26. The number of methoxy groups -OCH3 is 1. The van der Waals surface area contributed by atoms with E-state index >= 15 is 0 Å². The van der Waals surface area contributed by atoms with Crippen LogP contribution in [0.3, 0.4) is 0 Å². The van der Waals surface area contributed by atoms with Crippen LogP contribution in [-0.4, -0.2) is 42.8 Å². The number of amides is 2. The van der Waals surface area contributed by atoms with E-state index in [1.807, 2.05) is 13.8 Å². The predicted octanol–water partition coefficient (Wildman–Crippen LogP) is 2.24. The first-order valence-corrected chi connectivity index (χ1v) is 8.30. The summed E-state index contributed by atoms with van der Waals surface area (Å²) >= 11 is 0. The molecule has 0 rings (SSSR count). The summed E-state index contributed by atoms with van der Waals surface area (Å²) in [4.78, 5) is 36.4. The average molecular weight is 344 g/mol. The minimum Gasteiger partial charge on any atom is -0.467 e. The van der Waals surface area contributed by atoms with Gasteiger partial charge in [-0.2, -0.15) is 0 Å². The van der Waals surface area contributed by atoms with Crippen LogP contribution in [0.25, 0.3) is 0 Å². The molecule has 0 heterocycles. The highest BCUT2D eigenvalue weighted by Crippen LogP contribution is 2.12. The lowest BCUT2D eigenvalue weighted by Crippen LogP contribution is -2.56. The third kappa shape index (κ3) is 7.66. The van der Waals surface area contributed by atoms with E-state index in [2.05, 4.69) is 10.6 Å². The Bertz CT molecular complexity index is 443. The van der Waals surface area contributed by atoms with Gasteiger partial charge < -0.3 is 20.1 Å². The van der Waals surface area contributed by atoms with Crippen molar-refractivity contribution >= 4 is 18.0 Å². The Morgan fingerprint density at radius 3 is 1.92 bits per heavy atom. The fraction of sp³-hybridized carbons (Fsp3) is 0.824. The lowest BCUT2D eigenvalue weighted by Gasteiger charge is -2.28. The van der Waals surface area contributed by atoms with Crippen molar-refractivity contribution in [3.05, 3.63) is 0 Å². The Labute approximate surface area is 144 Å². The van der Waals surface area contributed by atoms with Gasteiger partial charge in [0.15, 0.2) is 0 Å². The molecule has 0 aliphatic heterocycles. The molecule has 2 N–H and O–H groups in total. The number of ether oxygens (including phenoxy) is 2. The summed E-state index contributed by atoms with van der Waals surface area (Å²) in [5.74, 6) is -1.21. The molecule has 0 radical (unpaired) electrons. The van der Waals surface area contributed by atoms with E-state index in [0.29, 0.717) is 6.42 Å². The number of carbonyl (C=O) groups excluding carboxylic acids is 3. The van der Waals surface area contributed by atoms with Crippen molar-refractivity contribution in [1.82, 2.24) is 10.6 Å². The maximum absolute atomic E-state index is 12.6. The van der Waals surface area contributed by atoms with Crippen LogP contribution in [0.2, 0.25) is 0 Å². The Morgan fingerprint density at radius 2 is 1.54 bits per heavy atom. The van der Waals surface area contributed by atoms with Gasteiger partial charge in [0.05, 0.1) is 7.11 Å². The Morgan fingerprint density at radius 1 is 1.00 bits per heavy atom. The summed E-state index contributed by atoms with van der Waals surface area (Å²) in [7, 11) is 1.27. The lowest BCUT2D eigenvalue weighted by atomic mass is 9.97. The standard InChI is InChI=1S/C17H32N2O5/c1-9-11(4)13(19-16(22)24-17(5,6)7)14(20)18-12(10(2)3)15(21)23-8/h10-13H,9H2,1-8H3,(H,18,20)(H,19,22)/t11-,12+,13-/m1/s1. The average Bonchev–Trinajstić information content (AvgIpc) is 2.46. The van der Waals surface area contributed by atoms with Crippen molar-refractivity contribution < 1.29 is 23.9 Å². The van der Waals surface area contributed by atoms with E-state index in [0.717, 1.165) is 0 Å². The molecule has 0 aromatic heterocycles. The van der Waals surface area contributed by atoms with Crippen LogP contribution < -0.4 is 10.6 Å². The van der Waals surface area contributed by atoms with Gasteiger partial charge in [0.25, 0.3) is 0 Å². The van der Waals surface area contributed by atoms with Gasteiger partial charge in [-0.25, -0.2) is 9.59 Å². The molecule has 0 saturated heterocycles. The fourth-order valence-electron chi connectivity index (χ4n) is 2.00. The first kappa shape index (κ1) is 22.2. The van der Waals surface area contributed by atoms with E-state index in [1.54, 1.807) is 34.6 Å². The molecule has 24 heavy (non-hydrogen) atoms. The van der Waals surface area contributed by atoms with Gasteiger partial charge in [0, 0.05) is 0 Å². The molecule has 0 aliphatic rings. The molecule has 0 spiro atoms. The Kier molecular flexibility index (Phi) is 8.78. The minimum absolute atomic E-state index is 0.122. The molecule has 0 saturated carbocycles. The first-order valence-electron chi connectivity index (χ1n) is 8.30. The molecule has 0 aromatic rings. The van der Waals surface area contributed by atoms with E-state index in [1.165, 1.54) is 7.11 Å². The summed E-state index contributed by atoms with van der Waals surface area (Å²) in [6.07, 6.45) is 0.0143. The molecular formula is C17H32N2O5. The first-order chi connectivity index (χ1) is 10.9. The second kappa shape index (κ2) is 9.49. The number of rotatable bonds is 7. The van der Waals surface area contributed by atoms with Crippen LogP contribution in [0.1, 0.15) is 54.9 Å². The van der Waals surface area contributed by atoms with Crippen molar-refractivity contribution in [3.63, 3.8) is 0 Å². The van der Waals surface area contributed by atoms with Gasteiger partial charge in [-0.1, -0.05) is 34.1 Å². The zero-order chi connectivity index (χ0) is 19.1. The SMILES string of the molecule is CC[C@@H](C)[C@@H](NC(=O)OC(C)(C)C)C(=O)N[C@H](C(=O)OC)C(C)C. The zero-order valence-corrected chi connectivity index (χ0v) is 16.1. The van der Waals surface area contributed by atoms with Gasteiger partial charge in [0.2, 0.25) is 5.91 Å². The highest BCUT2D eigenvalue weighted by molar-refractivity contribution is 5.90. The highest BCUT2D eigenvalue weighted by Gasteiger charge is 2.32. The van der Waals surface area contributed by atoms with Crippen molar-refractivity contribution in [3.8, 4) is 0 Å². The molecule has 7 heteroatoms. The van der Waals surface area contributed by atoms with Crippen LogP contribution in [0.4, 0.5) is 4.79 Å². The lowest BCUT2D eigenvalue weighted by molar-refractivity contribution is -0.146. The Hall–Kier alpha value is -1.79. The van der Waals surface area contributed by atoms with Crippen molar-refractivity contribution in [2.45, 2.75) is 72.6 Å². The van der Waals surface area contributed by atoms with Crippen molar-refractivity contribution in [2.24, 2.45) is 11.8 Å². The van der Waals surface area contributed by atoms with Crippen LogP contribution in [0.5, 0.6) is 0 Å². The number of alkyl carbamates (subject to hydrolysis) is 1. The number of hydrogen-bond donors (Lipinski definition) is 2. The second-order valence-corrected chi connectivity index (χ2v) is 7.26. The number of carbonyl (C=O) groups is 3. The third-order valence-electron chi connectivity index (χ3n) is 3.59. The summed E-state index contributed by atoms with van der Waals surface area (Å²) in [5, 5.41) is 5.27. The molecule has 0 aliphatic carbocycles. The molecular weight excluding hydrogens is 312 g/mol. The van der Waals surface area contributed by atoms with Gasteiger partial charge in [-0.3, -0.25) is 4.79 Å². The minimum atomic E-state index is -0.796. The van der Waals surface area contributed by atoms with E-state index in [-0.39, 0.29) is 11.8 Å². The molecule has 0 fully saturated rings. The van der Waals surface area contributed by atoms with Gasteiger partial charge in [-0.05, 0) is 32.6 Å². The molecule has 7 nitrogen and oxygen atoms in total. The van der Waals surface area contributed by atoms with E-state index in [4.69, 9.17) is 9.47 Å². The summed E-state index contributed by atoms with van der Waals surface area (Å²) in [6.45, 7) is 12.6. The van der Waals surface area contributed by atoms with Crippen molar-refractivity contribution in [2.75, 3.05) is 7.11 Å². The van der Waals surface area contributed by atoms with Crippen molar-refractivity contribution in [1.29, 1.82) is 0 Å². The van der Waals surface area contributed by atoms with Crippen LogP contribution in [0.15, 0.2) is 0 Å². The fourth-order valence-corrected chi connectivity index (χ4v) is 2.00. The van der Waals surface area contributed by atoms with Crippen LogP contribution >= 0.6 is 0 Å². The molecule has 0 unspecified atom stereocenters. The van der Waals surface area contributed by atoms with Gasteiger partial charge in [-0.15, -0.1) is 0 Å². The third-order valence-corrected chi connectivity index (χ3v) is 3.59. The summed E-state index contributed by atoms with van der Waals surface area (Å²) in [5.41, 5.74) is -0.660. The summed E-state index contributed by atoms with van der Waals surface area (Å²) < 4.78 is 9.93. The molecule has 0 aromatic carbocycles. The number of esters is 1. The number of nitrogens with one attached hydrogen (secondary N) is 2. The smallest absolute Gasteiger partial charge is 0.408 e. The zero-order valence-electron chi connectivity index (χ0n) is 16.1. The predicted molar refractivity (Wildman–Crippen MR) is 91.4 cm³/mol. The molecule has 0 bridgehead atoms. The quantitative estimate of drug-likeness (QED) is 0.691. The monoisotopic (exact) mass is 344 g/mol.